The molecule has 2 unspecified atom stereocenters. The molecule has 0 aromatic heterocycles. The summed E-state index contributed by atoms with van der Waals surface area (Å²) in [5, 5.41) is 49.4. The summed E-state index contributed by atoms with van der Waals surface area (Å²) < 4.78 is 0. The molecule has 6 atom stereocenters. The van der Waals surface area contributed by atoms with Crippen LogP contribution in [0.4, 0.5) is 0 Å². The molecule has 1 aliphatic rings. The predicted octanol–water partition coefficient (Wildman–Crippen LogP) is -3.36. The topological polar surface area (TPSA) is 113 Å². The second-order valence-corrected chi connectivity index (χ2v) is 3.62. The molecule has 6 heteroatoms. The fourth-order valence-corrected chi connectivity index (χ4v) is 1.94. The van der Waals surface area contributed by atoms with E-state index in [1.807, 2.05) is 0 Å². The van der Waals surface area contributed by atoms with E-state index in [4.69, 9.17) is 5.11 Å². The van der Waals surface area contributed by atoms with E-state index in [1.165, 1.54) is 0 Å². The lowest BCUT2D eigenvalue weighted by atomic mass is 9.77. The summed E-state index contributed by atoms with van der Waals surface area (Å²) in [7, 11) is 1.55. The lowest BCUT2D eigenvalue weighted by molar-refractivity contribution is -0.175. The zero-order valence-electron chi connectivity index (χ0n) is 7.91. The van der Waals surface area contributed by atoms with Crippen LogP contribution < -0.4 is 5.32 Å². The van der Waals surface area contributed by atoms with Gasteiger partial charge in [0.15, 0.2) is 0 Å². The van der Waals surface area contributed by atoms with Crippen LogP contribution in [0.5, 0.6) is 0 Å². The Morgan fingerprint density at radius 2 is 1.43 bits per heavy atom. The van der Waals surface area contributed by atoms with Gasteiger partial charge in [-0.05, 0) is 7.05 Å². The molecule has 0 radical (unpaired) electrons. The third-order valence-corrected chi connectivity index (χ3v) is 2.86. The van der Waals surface area contributed by atoms with E-state index in [1.54, 1.807) is 7.05 Å². The van der Waals surface area contributed by atoms with Gasteiger partial charge >= 0.3 is 0 Å². The van der Waals surface area contributed by atoms with Gasteiger partial charge in [-0.15, -0.1) is 0 Å². The number of aliphatic hydroxyl groups is 5. The van der Waals surface area contributed by atoms with Crippen LogP contribution in [0.15, 0.2) is 0 Å². The zero-order chi connectivity index (χ0) is 10.9. The average molecular weight is 207 g/mol. The van der Waals surface area contributed by atoms with E-state index >= 15 is 0 Å². The number of hydrogen-bond donors (Lipinski definition) is 6. The Labute approximate surface area is 81.8 Å². The Morgan fingerprint density at radius 1 is 0.929 bits per heavy atom. The number of nitrogens with one attached hydrogen (secondary N) is 1. The second-order valence-electron chi connectivity index (χ2n) is 3.62. The van der Waals surface area contributed by atoms with Gasteiger partial charge in [-0.2, -0.15) is 0 Å². The summed E-state index contributed by atoms with van der Waals surface area (Å²) in [4.78, 5) is 0. The molecule has 1 fully saturated rings. The number of hydrogen-bond acceptors (Lipinski definition) is 6. The van der Waals surface area contributed by atoms with Crippen LogP contribution in [0.2, 0.25) is 0 Å². The Morgan fingerprint density at radius 3 is 1.86 bits per heavy atom. The predicted molar refractivity (Wildman–Crippen MR) is 47.5 cm³/mol. The minimum Gasteiger partial charge on any atom is -0.396 e. The van der Waals surface area contributed by atoms with Gasteiger partial charge in [0.25, 0.3) is 0 Å². The first kappa shape index (κ1) is 11.8. The highest BCUT2D eigenvalue weighted by molar-refractivity contribution is 5.00. The van der Waals surface area contributed by atoms with Crippen molar-refractivity contribution in [1.82, 2.24) is 5.32 Å². The quantitative estimate of drug-likeness (QED) is 0.282. The van der Waals surface area contributed by atoms with Gasteiger partial charge in [0, 0.05) is 12.0 Å². The van der Waals surface area contributed by atoms with E-state index in [2.05, 4.69) is 5.32 Å². The summed E-state index contributed by atoms with van der Waals surface area (Å²) >= 11 is 0. The third kappa shape index (κ3) is 1.77. The molecule has 1 rings (SSSR count). The smallest absolute Gasteiger partial charge is 0.110 e. The van der Waals surface area contributed by atoms with Crippen molar-refractivity contribution in [3.05, 3.63) is 0 Å². The molecule has 84 valence electrons. The van der Waals surface area contributed by atoms with Gasteiger partial charge in [0.1, 0.15) is 12.2 Å². The van der Waals surface area contributed by atoms with E-state index in [9.17, 15) is 20.4 Å². The van der Waals surface area contributed by atoms with Crippen molar-refractivity contribution in [1.29, 1.82) is 0 Å². The molecular weight excluding hydrogens is 190 g/mol. The van der Waals surface area contributed by atoms with Gasteiger partial charge < -0.3 is 30.8 Å². The molecule has 0 aromatic rings. The van der Waals surface area contributed by atoms with Crippen LogP contribution >= 0.6 is 0 Å². The van der Waals surface area contributed by atoms with Gasteiger partial charge in [-0.25, -0.2) is 0 Å². The molecule has 0 amide bonds. The highest BCUT2D eigenvalue weighted by Gasteiger charge is 2.47. The molecule has 6 N–H and O–H groups in total. The summed E-state index contributed by atoms with van der Waals surface area (Å²) in [5.74, 6) is -0.687. The SMILES string of the molecule is CNC1C(CO)[C@H](O)[C@@H](O)[C@H](O)[C@H]1O. The largest absolute Gasteiger partial charge is 0.396 e. The van der Waals surface area contributed by atoms with Crippen LogP contribution in [0.25, 0.3) is 0 Å². The van der Waals surface area contributed by atoms with Crippen LogP contribution in [-0.2, 0) is 0 Å². The average Bonchev–Trinajstić information content (AvgIpc) is 2.20. The number of aliphatic hydroxyl groups excluding tert-OH is 5. The molecule has 0 spiro atoms. The fourth-order valence-electron chi connectivity index (χ4n) is 1.94. The molecular formula is C8H17NO5. The highest BCUT2D eigenvalue weighted by atomic mass is 16.4. The van der Waals surface area contributed by atoms with Gasteiger partial charge in [0.05, 0.1) is 18.8 Å². The first-order valence-electron chi connectivity index (χ1n) is 4.55. The standard InChI is InChI=1S/C8H17NO5/c1-9-4-3(2-10)5(11)7(13)8(14)6(4)12/h3-14H,2H2,1H3/t3?,4?,5-,6-,7+,8+/m0/s1. The number of rotatable bonds is 2. The third-order valence-electron chi connectivity index (χ3n) is 2.86. The second kappa shape index (κ2) is 4.52. The fraction of sp³-hybridized carbons (Fsp3) is 1.00. The van der Waals surface area contributed by atoms with Crippen molar-refractivity contribution >= 4 is 0 Å². The summed E-state index contributed by atoms with van der Waals surface area (Å²) in [6.45, 7) is -0.368. The van der Waals surface area contributed by atoms with Crippen molar-refractivity contribution in [2.75, 3.05) is 13.7 Å². The van der Waals surface area contributed by atoms with Crippen LogP contribution in [0.3, 0.4) is 0 Å². The Balaban J connectivity index is 2.84. The van der Waals surface area contributed by atoms with E-state index in [0.717, 1.165) is 0 Å². The van der Waals surface area contributed by atoms with Gasteiger partial charge in [-0.3, -0.25) is 0 Å². The summed E-state index contributed by atoms with van der Waals surface area (Å²) in [5.41, 5.74) is 0. The highest BCUT2D eigenvalue weighted by Crippen LogP contribution is 2.25. The zero-order valence-corrected chi connectivity index (χ0v) is 7.91. The Kier molecular flexibility index (Phi) is 3.82. The maximum absolute atomic E-state index is 9.53. The molecule has 14 heavy (non-hydrogen) atoms. The molecule has 1 saturated carbocycles. The molecule has 6 nitrogen and oxygen atoms in total. The molecule has 1 aliphatic carbocycles. The normalized spacial score (nSPS) is 49.3. The molecule has 0 aliphatic heterocycles. The van der Waals surface area contributed by atoms with Crippen molar-refractivity contribution in [3.63, 3.8) is 0 Å². The first-order chi connectivity index (χ1) is 6.54. The van der Waals surface area contributed by atoms with E-state index in [-0.39, 0.29) is 6.61 Å². The van der Waals surface area contributed by atoms with Gasteiger partial charge in [0.2, 0.25) is 0 Å². The Hall–Kier alpha value is -0.240. The first-order valence-corrected chi connectivity index (χ1v) is 4.55. The lowest BCUT2D eigenvalue weighted by Gasteiger charge is -2.43. The monoisotopic (exact) mass is 207 g/mol. The van der Waals surface area contributed by atoms with Crippen LogP contribution in [-0.4, -0.2) is 69.6 Å². The van der Waals surface area contributed by atoms with E-state index in [0.29, 0.717) is 0 Å². The van der Waals surface area contributed by atoms with E-state index < -0.39 is 36.4 Å². The summed E-state index contributed by atoms with van der Waals surface area (Å²) in [6.07, 6.45) is -5.26. The molecule has 0 saturated heterocycles. The maximum atomic E-state index is 9.53. The number of likely N-dealkylation sites (N-methyl/N-ethyl adjacent to an activating group) is 1. The molecule has 0 bridgehead atoms. The molecule has 0 aromatic carbocycles. The van der Waals surface area contributed by atoms with Gasteiger partial charge in [-0.1, -0.05) is 0 Å². The van der Waals surface area contributed by atoms with Crippen molar-refractivity contribution in [3.8, 4) is 0 Å². The van der Waals surface area contributed by atoms with Crippen LogP contribution in [0, 0.1) is 5.92 Å². The van der Waals surface area contributed by atoms with Crippen molar-refractivity contribution < 1.29 is 25.5 Å². The minimum absolute atomic E-state index is 0.368. The lowest BCUT2D eigenvalue weighted by Crippen LogP contribution is -2.65. The maximum Gasteiger partial charge on any atom is 0.110 e. The van der Waals surface area contributed by atoms with Crippen LogP contribution in [0.1, 0.15) is 0 Å². The molecule has 0 heterocycles. The van der Waals surface area contributed by atoms with Crippen molar-refractivity contribution in [2.45, 2.75) is 30.5 Å². The summed E-state index contributed by atoms with van der Waals surface area (Å²) in [6, 6.07) is -0.631. The Bertz CT molecular complexity index is 171. The minimum atomic E-state index is -1.42. The van der Waals surface area contributed by atoms with Crippen molar-refractivity contribution in [2.24, 2.45) is 5.92 Å².